The van der Waals surface area contributed by atoms with Gasteiger partial charge in [-0.25, -0.2) is 0 Å². The summed E-state index contributed by atoms with van der Waals surface area (Å²) in [5.41, 5.74) is 2.72. The van der Waals surface area contributed by atoms with E-state index >= 15 is 0 Å². The number of nitrogens with one attached hydrogen (secondary N) is 1. The van der Waals surface area contributed by atoms with E-state index in [9.17, 15) is 0 Å². The molecule has 0 saturated carbocycles. The zero-order valence-corrected chi connectivity index (χ0v) is 9.66. The molecule has 2 rings (SSSR count). The number of aryl methyl sites for hydroxylation is 1. The van der Waals surface area contributed by atoms with E-state index in [-0.39, 0.29) is 0 Å². The lowest BCUT2D eigenvalue weighted by atomic mass is 9.91. The highest BCUT2D eigenvalue weighted by Crippen LogP contribution is 2.28. The number of fused-ring (bicyclic) bond motifs is 1. The fourth-order valence-corrected chi connectivity index (χ4v) is 2.23. The van der Waals surface area contributed by atoms with Gasteiger partial charge in [0.25, 0.3) is 0 Å². The van der Waals surface area contributed by atoms with Crippen molar-refractivity contribution < 1.29 is 0 Å². The maximum absolute atomic E-state index is 4.53. The standard InChI is InChI=1S/C13H20N2/c1-3-10(2)15-12-8-4-6-11-7-5-9-14-13(11)12/h5,7,9-10,12,15H,3-4,6,8H2,1-2H3. The summed E-state index contributed by atoms with van der Waals surface area (Å²) < 4.78 is 0. The Balaban J connectivity index is 2.15. The molecule has 82 valence electrons. The van der Waals surface area contributed by atoms with Crippen molar-refractivity contribution in [2.24, 2.45) is 0 Å². The van der Waals surface area contributed by atoms with Crippen LogP contribution in [0, 0.1) is 0 Å². The van der Waals surface area contributed by atoms with E-state index in [1.807, 2.05) is 12.3 Å². The van der Waals surface area contributed by atoms with Crippen molar-refractivity contribution in [2.45, 2.75) is 51.6 Å². The molecular formula is C13H20N2. The lowest BCUT2D eigenvalue weighted by molar-refractivity contribution is 0.394. The molecule has 0 aliphatic heterocycles. The van der Waals surface area contributed by atoms with Crippen molar-refractivity contribution in [1.29, 1.82) is 0 Å². The molecule has 0 fully saturated rings. The van der Waals surface area contributed by atoms with Crippen molar-refractivity contribution in [3.8, 4) is 0 Å². The van der Waals surface area contributed by atoms with Crippen molar-refractivity contribution in [3.63, 3.8) is 0 Å². The van der Waals surface area contributed by atoms with Crippen LogP contribution in [0.4, 0.5) is 0 Å². The van der Waals surface area contributed by atoms with E-state index in [0.717, 1.165) is 0 Å². The number of hydrogen-bond acceptors (Lipinski definition) is 2. The van der Waals surface area contributed by atoms with E-state index in [2.05, 4.69) is 30.2 Å². The molecule has 1 aromatic heterocycles. The summed E-state index contributed by atoms with van der Waals surface area (Å²) in [5, 5.41) is 3.66. The molecule has 0 radical (unpaired) electrons. The normalized spacial score (nSPS) is 22.1. The molecule has 0 bridgehead atoms. The molecule has 1 aliphatic rings. The Morgan fingerprint density at radius 3 is 3.27 bits per heavy atom. The van der Waals surface area contributed by atoms with Crippen LogP contribution in [0.5, 0.6) is 0 Å². The van der Waals surface area contributed by atoms with E-state index in [1.165, 1.54) is 36.9 Å². The Kier molecular flexibility index (Phi) is 3.37. The van der Waals surface area contributed by atoms with Crippen LogP contribution < -0.4 is 5.32 Å². The van der Waals surface area contributed by atoms with Gasteiger partial charge in [-0.15, -0.1) is 0 Å². The lowest BCUT2D eigenvalue weighted by Crippen LogP contribution is -2.32. The molecule has 2 heteroatoms. The predicted octanol–water partition coefficient (Wildman–Crippen LogP) is 2.85. The van der Waals surface area contributed by atoms with Gasteiger partial charge in [-0.1, -0.05) is 13.0 Å². The van der Waals surface area contributed by atoms with Crippen molar-refractivity contribution >= 4 is 0 Å². The monoisotopic (exact) mass is 204 g/mol. The van der Waals surface area contributed by atoms with Gasteiger partial charge < -0.3 is 5.32 Å². The van der Waals surface area contributed by atoms with Crippen molar-refractivity contribution in [1.82, 2.24) is 10.3 Å². The molecule has 1 aliphatic carbocycles. The van der Waals surface area contributed by atoms with Crippen LogP contribution in [0.1, 0.15) is 50.4 Å². The maximum atomic E-state index is 4.53. The number of aromatic nitrogens is 1. The highest BCUT2D eigenvalue weighted by molar-refractivity contribution is 5.25. The highest BCUT2D eigenvalue weighted by Gasteiger charge is 2.21. The molecular weight excluding hydrogens is 184 g/mol. The summed E-state index contributed by atoms with van der Waals surface area (Å²) in [6.07, 6.45) is 6.80. The fraction of sp³-hybridized carbons (Fsp3) is 0.615. The van der Waals surface area contributed by atoms with Gasteiger partial charge in [-0.3, -0.25) is 4.98 Å². The van der Waals surface area contributed by atoms with Gasteiger partial charge in [0, 0.05) is 18.3 Å². The largest absolute Gasteiger partial charge is 0.306 e. The Labute approximate surface area is 92.1 Å². The number of rotatable bonds is 3. The second kappa shape index (κ2) is 4.75. The van der Waals surface area contributed by atoms with Crippen LogP contribution >= 0.6 is 0 Å². The average Bonchev–Trinajstić information content (AvgIpc) is 2.29. The molecule has 0 aromatic carbocycles. The van der Waals surface area contributed by atoms with E-state index in [0.29, 0.717) is 12.1 Å². The van der Waals surface area contributed by atoms with E-state index in [1.54, 1.807) is 0 Å². The first kappa shape index (κ1) is 10.6. The Morgan fingerprint density at radius 2 is 2.47 bits per heavy atom. The van der Waals surface area contributed by atoms with Gasteiger partial charge in [-0.2, -0.15) is 0 Å². The quantitative estimate of drug-likeness (QED) is 0.819. The van der Waals surface area contributed by atoms with Crippen molar-refractivity contribution in [2.75, 3.05) is 0 Å². The summed E-state index contributed by atoms with van der Waals surface area (Å²) in [4.78, 5) is 4.53. The number of pyridine rings is 1. The van der Waals surface area contributed by atoms with Crippen LogP contribution in [0.15, 0.2) is 18.3 Å². The highest BCUT2D eigenvalue weighted by atomic mass is 15.0. The second-order valence-electron chi connectivity index (χ2n) is 4.47. The molecule has 1 N–H and O–H groups in total. The third-order valence-electron chi connectivity index (χ3n) is 3.29. The van der Waals surface area contributed by atoms with Crippen LogP contribution in [0.25, 0.3) is 0 Å². The molecule has 2 atom stereocenters. The smallest absolute Gasteiger partial charge is 0.0605 e. The number of hydrogen-bond donors (Lipinski definition) is 1. The first-order chi connectivity index (χ1) is 7.31. The minimum absolute atomic E-state index is 0.477. The van der Waals surface area contributed by atoms with Gasteiger partial charge in [0.1, 0.15) is 0 Å². The van der Waals surface area contributed by atoms with Gasteiger partial charge in [0.05, 0.1) is 5.69 Å². The van der Waals surface area contributed by atoms with Crippen LogP contribution in [0.2, 0.25) is 0 Å². The predicted molar refractivity (Wildman–Crippen MR) is 62.8 cm³/mol. The number of nitrogens with zero attached hydrogens (tertiary/aromatic N) is 1. The summed E-state index contributed by atoms with van der Waals surface area (Å²) in [5.74, 6) is 0. The molecule has 0 amide bonds. The minimum atomic E-state index is 0.477. The summed E-state index contributed by atoms with van der Waals surface area (Å²) in [6.45, 7) is 4.47. The zero-order chi connectivity index (χ0) is 10.7. The van der Waals surface area contributed by atoms with Gasteiger partial charge in [-0.05, 0) is 44.2 Å². The topological polar surface area (TPSA) is 24.9 Å². The first-order valence-electron chi connectivity index (χ1n) is 6.01. The average molecular weight is 204 g/mol. The third kappa shape index (κ3) is 2.37. The first-order valence-corrected chi connectivity index (χ1v) is 6.01. The Morgan fingerprint density at radius 1 is 1.60 bits per heavy atom. The minimum Gasteiger partial charge on any atom is -0.306 e. The zero-order valence-electron chi connectivity index (χ0n) is 9.66. The van der Waals surface area contributed by atoms with Gasteiger partial charge in [0.2, 0.25) is 0 Å². The van der Waals surface area contributed by atoms with Crippen LogP contribution in [-0.2, 0) is 6.42 Å². The molecule has 15 heavy (non-hydrogen) atoms. The molecule has 2 nitrogen and oxygen atoms in total. The SMILES string of the molecule is CCC(C)NC1CCCc2cccnc21. The van der Waals surface area contributed by atoms with Crippen LogP contribution in [-0.4, -0.2) is 11.0 Å². The summed E-state index contributed by atoms with van der Waals surface area (Å²) in [7, 11) is 0. The van der Waals surface area contributed by atoms with Gasteiger partial charge >= 0.3 is 0 Å². The fourth-order valence-electron chi connectivity index (χ4n) is 2.23. The summed E-state index contributed by atoms with van der Waals surface area (Å²) >= 11 is 0. The lowest BCUT2D eigenvalue weighted by Gasteiger charge is -2.27. The Bertz CT molecular complexity index is 322. The van der Waals surface area contributed by atoms with Crippen molar-refractivity contribution in [3.05, 3.63) is 29.6 Å². The molecule has 0 spiro atoms. The third-order valence-corrected chi connectivity index (χ3v) is 3.29. The Hall–Kier alpha value is -0.890. The maximum Gasteiger partial charge on any atom is 0.0605 e. The van der Waals surface area contributed by atoms with E-state index in [4.69, 9.17) is 0 Å². The molecule has 1 aromatic rings. The molecule has 0 saturated heterocycles. The molecule has 2 unspecified atom stereocenters. The summed E-state index contributed by atoms with van der Waals surface area (Å²) in [6, 6.07) is 5.32. The van der Waals surface area contributed by atoms with Crippen LogP contribution in [0.3, 0.4) is 0 Å². The van der Waals surface area contributed by atoms with Gasteiger partial charge in [0.15, 0.2) is 0 Å². The second-order valence-corrected chi connectivity index (χ2v) is 4.47. The molecule has 1 heterocycles. The van der Waals surface area contributed by atoms with E-state index < -0.39 is 0 Å².